The first-order chi connectivity index (χ1) is 11.5. The lowest BCUT2D eigenvalue weighted by atomic mass is 10.3. The second-order valence-electron chi connectivity index (χ2n) is 4.61. The Balaban J connectivity index is 1.76. The largest absolute Gasteiger partial charge is 0.492 e. The smallest absolute Gasteiger partial charge is 0.313 e. The van der Waals surface area contributed by atoms with Gasteiger partial charge in [-0.3, -0.25) is 9.59 Å². The average molecular weight is 388 g/mol. The summed E-state index contributed by atoms with van der Waals surface area (Å²) in [6.45, 7) is 0.372. The van der Waals surface area contributed by atoms with Gasteiger partial charge in [0, 0.05) is 5.02 Å². The van der Waals surface area contributed by atoms with Crippen LogP contribution in [0.2, 0.25) is 15.1 Å². The molecule has 0 unspecified atom stereocenters. The van der Waals surface area contributed by atoms with E-state index in [9.17, 15) is 9.59 Å². The van der Waals surface area contributed by atoms with Gasteiger partial charge in [0.05, 0.1) is 22.3 Å². The third-order valence-electron chi connectivity index (χ3n) is 2.88. The Labute approximate surface area is 153 Å². The zero-order valence-electron chi connectivity index (χ0n) is 12.3. The van der Waals surface area contributed by atoms with Crippen molar-refractivity contribution in [1.29, 1.82) is 0 Å². The van der Waals surface area contributed by atoms with Gasteiger partial charge in [0.15, 0.2) is 0 Å². The first-order valence-electron chi connectivity index (χ1n) is 6.89. The molecule has 0 saturated heterocycles. The molecule has 0 spiro atoms. The maximum atomic E-state index is 11.8. The molecular weight excluding hydrogens is 375 g/mol. The molecule has 0 saturated carbocycles. The van der Waals surface area contributed by atoms with Crippen molar-refractivity contribution < 1.29 is 14.3 Å². The number of anilines is 1. The Morgan fingerprint density at radius 3 is 2.38 bits per heavy atom. The van der Waals surface area contributed by atoms with E-state index in [0.717, 1.165) is 0 Å². The predicted octanol–water partition coefficient (Wildman–Crippen LogP) is 3.78. The Morgan fingerprint density at radius 2 is 1.67 bits per heavy atom. The number of carbonyl (C=O) groups excluding carboxylic acids is 2. The highest BCUT2D eigenvalue weighted by molar-refractivity contribution is 6.45. The van der Waals surface area contributed by atoms with Gasteiger partial charge in [0.25, 0.3) is 0 Å². The molecule has 5 nitrogen and oxygen atoms in total. The van der Waals surface area contributed by atoms with Crippen LogP contribution in [0.4, 0.5) is 5.69 Å². The highest BCUT2D eigenvalue weighted by atomic mass is 35.5. The van der Waals surface area contributed by atoms with Crippen LogP contribution in [0.3, 0.4) is 0 Å². The van der Waals surface area contributed by atoms with Gasteiger partial charge in [-0.2, -0.15) is 0 Å². The third kappa shape index (κ3) is 5.30. The molecule has 0 heterocycles. The quantitative estimate of drug-likeness (QED) is 0.606. The number of amides is 2. The maximum Gasteiger partial charge on any atom is 0.313 e. The SMILES string of the molecule is O=C(NCCOc1ccc(Cl)cc1)C(=O)Nc1cccc(Cl)c1Cl. The fraction of sp³-hybridized carbons (Fsp3) is 0.125. The molecule has 0 aliphatic heterocycles. The summed E-state index contributed by atoms with van der Waals surface area (Å²) in [5, 5.41) is 5.89. The fourth-order valence-corrected chi connectivity index (χ4v) is 2.20. The minimum absolute atomic E-state index is 0.165. The molecule has 126 valence electrons. The average Bonchev–Trinajstić information content (AvgIpc) is 2.57. The van der Waals surface area contributed by atoms with Crippen molar-refractivity contribution in [1.82, 2.24) is 5.32 Å². The number of hydrogen-bond acceptors (Lipinski definition) is 3. The normalized spacial score (nSPS) is 10.1. The molecule has 24 heavy (non-hydrogen) atoms. The highest BCUT2D eigenvalue weighted by Crippen LogP contribution is 2.29. The Bertz CT molecular complexity index is 736. The van der Waals surface area contributed by atoms with Crippen LogP contribution < -0.4 is 15.4 Å². The van der Waals surface area contributed by atoms with Gasteiger partial charge in [-0.1, -0.05) is 40.9 Å². The third-order valence-corrected chi connectivity index (χ3v) is 3.95. The minimum atomic E-state index is -0.842. The monoisotopic (exact) mass is 386 g/mol. The summed E-state index contributed by atoms with van der Waals surface area (Å²) in [6, 6.07) is 11.5. The highest BCUT2D eigenvalue weighted by Gasteiger charge is 2.15. The molecule has 0 fully saturated rings. The molecule has 0 aliphatic carbocycles. The zero-order valence-corrected chi connectivity index (χ0v) is 14.6. The summed E-state index contributed by atoms with van der Waals surface area (Å²) in [5.41, 5.74) is 0.265. The number of rotatable bonds is 5. The van der Waals surface area contributed by atoms with E-state index >= 15 is 0 Å². The van der Waals surface area contributed by atoms with Crippen molar-refractivity contribution in [3.05, 3.63) is 57.5 Å². The molecule has 2 N–H and O–H groups in total. The predicted molar refractivity (Wildman–Crippen MR) is 95.0 cm³/mol. The lowest BCUT2D eigenvalue weighted by molar-refractivity contribution is -0.136. The van der Waals surface area contributed by atoms with E-state index in [1.807, 2.05) is 0 Å². The summed E-state index contributed by atoms with van der Waals surface area (Å²) < 4.78 is 5.40. The van der Waals surface area contributed by atoms with E-state index in [1.165, 1.54) is 0 Å². The molecule has 2 aromatic carbocycles. The minimum Gasteiger partial charge on any atom is -0.492 e. The van der Waals surface area contributed by atoms with Crippen LogP contribution in [0.5, 0.6) is 5.75 Å². The van der Waals surface area contributed by atoms with Crippen LogP contribution in [-0.2, 0) is 9.59 Å². The van der Waals surface area contributed by atoms with Crippen molar-refractivity contribution in [2.75, 3.05) is 18.5 Å². The summed E-state index contributed by atoms with van der Waals surface area (Å²) in [5.74, 6) is -1.03. The van der Waals surface area contributed by atoms with Gasteiger partial charge in [-0.25, -0.2) is 0 Å². The molecule has 0 aromatic heterocycles. The van der Waals surface area contributed by atoms with Crippen LogP contribution in [-0.4, -0.2) is 25.0 Å². The van der Waals surface area contributed by atoms with Crippen LogP contribution in [0.1, 0.15) is 0 Å². The standard InChI is InChI=1S/C16H13Cl3N2O3/c17-10-4-6-11(7-5-10)24-9-8-20-15(22)16(23)21-13-3-1-2-12(18)14(13)19/h1-7H,8-9H2,(H,20,22)(H,21,23). The Kier molecular flexibility index (Phi) is 6.73. The van der Waals surface area contributed by atoms with E-state index in [4.69, 9.17) is 39.5 Å². The van der Waals surface area contributed by atoms with Crippen LogP contribution >= 0.6 is 34.8 Å². The van der Waals surface area contributed by atoms with Crippen LogP contribution in [0, 0.1) is 0 Å². The summed E-state index contributed by atoms with van der Waals surface area (Å²) >= 11 is 17.5. The number of hydrogen-bond donors (Lipinski definition) is 2. The lowest BCUT2D eigenvalue weighted by Gasteiger charge is -2.09. The first kappa shape index (κ1) is 18.4. The second-order valence-corrected chi connectivity index (χ2v) is 5.84. The molecule has 0 radical (unpaired) electrons. The molecular formula is C16H13Cl3N2O3. The van der Waals surface area contributed by atoms with Crippen molar-refractivity contribution in [3.8, 4) is 5.75 Å². The zero-order chi connectivity index (χ0) is 17.5. The van der Waals surface area contributed by atoms with Gasteiger partial charge >= 0.3 is 11.8 Å². The fourth-order valence-electron chi connectivity index (χ4n) is 1.72. The van der Waals surface area contributed by atoms with E-state index < -0.39 is 11.8 Å². The Morgan fingerprint density at radius 1 is 0.958 bits per heavy atom. The molecule has 0 atom stereocenters. The number of nitrogens with one attached hydrogen (secondary N) is 2. The van der Waals surface area contributed by atoms with Crippen LogP contribution in [0.25, 0.3) is 0 Å². The van der Waals surface area contributed by atoms with Gasteiger partial charge in [-0.15, -0.1) is 0 Å². The molecule has 2 rings (SSSR count). The van der Waals surface area contributed by atoms with Gasteiger partial charge in [0.2, 0.25) is 0 Å². The van der Waals surface area contributed by atoms with Gasteiger partial charge in [-0.05, 0) is 36.4 Å². The van der Waals surface area contributed by atoms with E-state index in [2.05, 4.69) is 10.6 Å². The number of halogens is 3. The summed E-state index contributed by atoms with van der Waals surface area (Å²) in [4.78, 5) is 23.5. The van der Waals surface area contributed by atoms with Crippen molar-refractivity contribution in [2.24, 2.45) is 0 Å². The molecule has 2 amide bonds. The summed E-state index contributed by atoms with van der Waals surface area (Å²) in [6.07, 6.45) is 0. The lowest BCUT2D eigenvalue weighted by Crippen LogP contribution is -2.37. The topological polar surface area (TPSA) is 67.4 Å². The molecule has 2 aromatic rings. The van der Waals surface area contributed by atoms with Gasteiger partial charge < -0.3 is 15.4 Å². The van der Waals surface area contributed by atoms with Crippen molar-refractivity contribution in [3.63, 3.8) is 0 Å². The number of benzene rings is 2. The van der Waals surface area contributed by atoms with E-state index in [1.54, 1.807) is 42.5 Å². The molecule has 0 aliphatic rings. The molecule has 0 bridgehead atoms. The van der Waals surface area contributed by atoms with E-state index in [0.29, 0.717) is 10.8 Å². The maximum absolute atomic E-state index is 11.8. The second kappa shape index (κ2) is 8.78. The number of carbonyl (C=O) groups is 2. The van der Waals surface area contributed by atoms with Crippen LogP contribution in [0.15, 0.2) is 42.5 Å². The van der Waals surface area contributed by atoms with E-state index in [-0.39, 0.29) is 28.9 Å². The Hall–Kier alpha value is -1.95. The summed E-state index contributed by atoms with van der Waals surface area (Å²) in [7, 11) is 0. The number of ether oxygens (including phenoxy) is 1. The van der Waals surface area contributed by atoms with Gasteiger partial charge in [0.1, 0.15) is 12.4 Å². The van der Waals surface area contributed by atoms with Crippen molar-refractivity contribution in [2.45, 2.75) is 0 Å². The van der Waals surface area contributed by atoms with Crippen molar-refractivity contribution >= 4 is 52.3 Å². The first-order valence-corrected chi connectivity index (χ1v) is 8.02. The molecule has 8 heteroatoms.